The van der Waals surface area contributed by atoms with E-state index < -0.39 is 10.0 Å². The fourth-order valence-electron chi connectivity index (χ4n) is 2.20. The van der Waals surface area contributed by atoms with E-state index in [4.69, 9.17) is 5.14 Å². The molecule has 0 unspecified atom stereocenters. The summed E-state index contributed by atoms with van der Waals surface area (Å²) in [6.45, 7) is 3.07. The number of likely N-dealkylation sites (N-methyl/N-ethyl adjacent to an activating group) is 1. The molecule has 1 aromatic heterocycles. The Morgan fingerprint density at radius 3 is 2.31 bits per heavy atom. The first-order valence-electron chi connectivity index (χ1n) is 8.54. The number of primary sulfonamides is 1. The lowest BCUT2D eigenvalue weighted by Crippen LogP contribution is -2.42. The normalized spacial score (nSPS) is 11.5. The molecular weight excluding hydrogens is 525 g/mol. The van der Waals surface area contributed by atoms with Gasteiger partial charge in [-0.15, -0.1) is 35.3 Å². The lowest BCUT2D eigenvalue weighted by molar-refractivity contribution is -0.127. The van der Waals surface area contributed by atoms with E-state index in [1.54, 1.807) is 37.6 Å². The molecule has 0 spiro atoms. The second-order valence-electron chi connectivity index (χ2n) is 6.36. The summed E-state index contributed by atoms with van der Waals surface area (Å²) in [7, 11) is -0.336. The van der Waals surface area contributed by atoms with Crippen molar-refractivity contribution in [2.24, 2.45) is 10.1 Å². The molecule has 0 aliphatic carbocycles. The van der Waals surface area contributed by atoms with Crippen LogP contribution in [0.3, 0.4) is 0 Å². The molecule has 2 aromatic rings. The van der Waals surface area contributed by atoms with Crippen LogP contribution in [0.2, 0.25) is 0 Å². The number of hydrogen-bond donors (Lipinski definition) is 3. The first-order chi connectivity index (χ1) is 13.1. The van der Waals surface area contributed by atoms with Crippen molar-refractivity contribution in [3.8, 4) is 0 Å². The summed E-state index contributed by atoms with van der Waals surface area (Å²) in [6, 6.07) is 10.3. The highest BCUT2D eigenvalue weighted by atomic mass is 127. The van der Waals surface area contributed by atoms with Crippen LogP contribution in [0.15, 0.2) is 46.3 Å². The Balaban J connectivity index is 0.00000420. The van der Waals surface area contributed by atoms with E-state index >= 15 is 0 Å². The Kier molecular flexibility index (Phi) is 10.0. The van der Waals surface area contributed by atoms with Gasteiger partial charge in [0.1, 0.15) is 0 Å². The Bertz CT molecular complexity index is 941. The maximum Gasteiger partial charge on any atom is 0.241 e. The summed E-state index contributed by atoms with van der Waals surface area (Å²) in [5, 5.41) is 11.3. The molecule has 0 saturated carbocycles. The molecule has 0 fully saturated rings. The molecule has 0 radical (unpaired) electrons. The smallest absolute Gasteiger partial charge is 0.241 e. The van der Waals surface area contributed by atoms with Gasteiger partial charge in [-0.3, -0.25) is 4.79 Å². The number of sulfonamides is 1. The molecule has 160 valence electrons. The van der Waals surface area contributed by atoms with Gasteiger partial charge in [-0.25, -0.2) is 18.5 Å². The molecule has 1 amide bonds. The molecule has 1 aromatic carbocycles. The topological polar surface area (TPSA) is 117 Å². The van der Waals surface area contributed by atoms with Crippen molar-refractivity contribution in [2.45, 2.75) is 24.9 Å². The Morgan fingerprint density at radius 2 is 1.79 bits per heavy atom. The minimum Gasteiger partial charge on any atom is -0.351 e. The lowest BCUT2D eigenvalue weighted by Gasteiger charge is -2.14. The van der Waals surface area contributed by atoms with Crippen molar-refractivity contribution < 1.29 is 13.2 Å². The number of thiophene rings is 1. The average molecular weight is 551 g/mol. The van der Waals surface area contributed by atoms with Crippen molar-refractivity contribution in [3.63, 3.8) is 0 Å². The average Bonchev–Trinajstić information content (AvgIpc) is 3.05. The zero-order valence-corrected chi connectivity index (χ0v) is 20.5. The van der Waals surface area contributed by atoms with Crippen LogP contribution < -0.4 is 15.8 Å². The van der Waals surface area contributed by atoms with Crippen LogP contribution in [0, 0.1) is 6.92 Å². The van der Waals surface area contributed by atoms with Gasteiger partial charge in [0.2, 0.25) is 15.9 Å². The number of aliphatic imine (C=N–C) groups is 1. The Hall–Kier alpha value is -1.70. The van der Waals surface area contributed by atoms with E-state index in [2.05, 4.69) is 21.7 Å². The molecule has 0 aliphatic rings. The summed E-state index contributed by atoms with van der Waals surface area (Å²) in [5.41, 5.74) is 0.819. The molecule has 2 rings (SSSR count). The van der Waals surface area contributed by atoms with Crippen LogP contribution in [-0.4, -0.2) is 45.8 Å². The van der Waals surface area contributed by atoms with Gasteiger partial charge in [0.05, 0.1) is 24.5 Å². The number of carbonyl (C=O) groups excluding carboxylic acids is 1. The zero-order valence-electron chi connectivity index (χ0n) is 16.5. The third kappa shape index (κ3) is 8.68. The molecule has 11 heteroatoms. The van der Waals surface area contributed by atoms with Crippen molar-refractivity contribution in [1.29, 1.82) is 0 Å². The second-order valence-corrected chi connectivity index (χ2v) is 9.30. The number of halogens is 1. The van der Waals surface area contributed by atoms with Crippen LogP contribution in [0.5, 0.6) is 0 Å². The molecule has 1 heterocycles. The highest BCUT2D eigenvalue weighted by Gasteiger charge is 2.08. The van der Waals surface area contributed by atoms with E-state index in [0.29, 0.717) is 19.0 Å². The van der Waals surface area contributed by atoms with E-state index in [1.807, 2.05) is 13.0 Å². The highest BCUT2D eigenvalue weighted by molar-refractivity contribution is 14.0. The van der Waals surface area contributed by atoms with Gasteiger partial charge in [0, 0.05) is 23.8 Å². The third-order valence-electron chi connectivity index (χ3n) is 3.80. The number of nitrogens with two attached hydrogens (primary N) is 1. The van der Waals surface area contributed by atoms with E-state index in [0.717, 1.165) is 10.4 Å². The largest absolute Gasteiger partial charge is 0.351 e. The zero-order chi connectivity index (χ0) is 20.7. The third-order valence-corrected chi connectivity index (χ3v) is 5.73. The van der Waals surface area contributed by atoms with Gasteiger partial charge in [-0.1, -0.05) is 12.1 Å². The van der Waals surface area contributed by atoms with Crippen molar-refractivity contribution in [3.05, 3.63) is 51.7 Å². The summed E-state index contributed by atoms with van der Waals surface area (Å²) in [4.78, 5) is 20.3. The number of nitrogens with zero attached hydrogens (tertiary/aromatic N) is 2. The molecule has 0 saturated heterocycles. The van der Waals surface area contributed by atoms with Crippen LogP contribution in [0.4, 0.5) is 0 Å². The Morgan fingerprint density at radius 1 is 1.14 bits per heavy atom. The summed E-state index contributed by atoms with van der Waals surface area (Å²) >= 11 is 1.69. The van der Waals surface area contributed by atoms with Gasteiger partial charge >= 0.3 is 0 Å². The summed E-state index contributed by atoms with van der Waals surface area (Å²) < 4.78 is 22.7. The maximum atomic E-state index is 11.8. The fourth-order valence-corrected chi connectivity index (χ4v) is 3.54. The minimum atomic E-state index is -3.72. The van der Waals surface area contributed by atoms with Crippen LogP contribution in [-0.2, 0) is 27.9 Å². The van der Waals surface area contributed by atoms with E-state index in [9.17, 15) is 13.2 Å². The van der Waals surface area contributed by atoms with Gasteiger partial charge < -0.3 is 15.5 Å². The Labute approximate surface area is 192 Å². The first-order valence-corrected chi connectivity index (χ1v) is 10.9. The van der Waals surface area contributed by atoms with E-state index in [-0.39, 0.29) is 41.3 Å². The van der Waals surface area contributed by atoms with Crippen molar-refractivity contribution in [1.82, 2.24) is 15.5 Å². The minimum absolute atomic E-state index is 0. The van der Waals surface area contributed by atoms with Crippen LogP contribution in [0.1, 0.15) is 15.3 Å². The monoisotopic (exact) mass is 551 g/mol. The van der Waals surface area contributed by atoms with E-state index in [1.165, 1.54) is 21.9 Å². The number of guanidine groups is 1. The molecule has 4 N–H and O–H groups in total. The van der Waals surface area contributed by atoms with Crippen molar-refractivity contribution in [2.75, 3.05) is 20.6 Å². The maximum absolute atomic E-state index is 11.8. The number of nitrogens with one attached hydrogen (secondary N) is 2. The molecule has 8 nitrogen and oxygen atoms in total. The lowest BCUT2D eigenvalue weighted by atomic mass is 10.2. The van der Waals surface area contributed by atoms with Crippen LogP contribution >= 0.6 is 35.3 Å². The summed E-state index contributed by atoms with van der Waals surface area (Å²) in [5.74, 6) is 0.427. The quantitative estimate of drug-likeness (QED) is 0.275. The standard InChI is InChI=1S/C18H25N5O3S2.HI/c1-13-4-7-15(27-13)11-21-18(22-12-17(24)23(2)3)20-10-14-5-8-16(9-6-14)28(19,25)26;/h4-9H,10-12H2,1-3H3,(H2,19,25,26)(H2,20,21,22);1H. The molecule has 0 atom stereocenters. The predicted molar refractivity (Wildman–Crippen MR) is 127 cm³/mol. The second kappa shape index (κ2) is 11.5. The number of rotatable bonds is 7. The molecule has 29 heavy (non-hydrogen) atoms. The number of hydrogen-bond acceptors (Lipinski definition) is 5. The number of aryl methyl sites for hydroxylation is 1. The molecule has 0 bridgehead atoms. The van der Waals surface area contributed by atoms with Gasteiger partial charge in [0.15, 0.2) is 5.96 Å². The van der Waals surface area contributed by atoms with Gasteiger partial charge in [-0.2, -0.15) is 0 Å². The molecule has 0 aliphatic heterocycles. The SMILES string of the molecule is Cc1ccc(CNC(=NCc2ccc(S(N)(=O)=O)cc2)NCC(=O)N(C)C)s1.I. The highest BCUT2D eigenvalue weighted by Crippen LogP contribution is 2.14. The summed E-state index contributed by atoms with van der Waals surface area (Å²) in [6.07, 6.45) is 0. The number of benzene rings is 1. The van der Waals surface area contributed by atoms with Crippen LogP contribution in [0.25, 0.3) is 0 Å². The number of amides is 1. The first kappa shape index (κ1) is 25.3. The number of carbonyl (C=O) groups is 1. The van der Waals surface area contributed by atoms with Gasteiger partial charge in [0.25, 0.3) is 0 Å². The predicted octanol–water partition coefficient (Wildman–Crippen LogP) is 1.65. The van der Waals surface area contributed by atoms with Crippen molar-refractivity contribution >= 4 is 57.2 Å². The molecular formula is C18H26IN5O3S2. The fraction of sp³-hybridized carbons (Fsp3) is 0.333. The van der Waals surface area contributed by atoms with Gasteiger partial charge in [-0.05, 0) is 36.8 Å².